The molecule has 1 saturated carbocycles. The number of carbonyl (C=O) groups is 1. The number of halogens is 1. The summed E-state index contributed by atoms with van der Waals surface area (Å²) in [5, 5.41) is 4.70. The van der Waals surface area contributed by atoms with Crippen molar-refractivity contribution in [2.45, 2.75) is 44.6 Å². The van der Waals surface area contributed by atoms with Gasteiger partial charge in [-0.15, -0.1) is 0 Å². The predicted molar refractivity (Wildman–Crippen MR) is 59.4 cm³/mol. The van der Waals surface area contributed by atoms with E-state index in [0.717, 1.165) is 19.1 Å². The molecule has 0 bridgehead atoms. The number of hydrogen-bond donors (Lipinski definition) is 0. The molecule has 0 spiro atoms. The van der Waals surface area contributed by atoms with Gasteiger partial charge in [-0.2, -0.15) is 5.10 Å². The first-order chi connectivity index (χ1) is 7.33. The molecule has 15 heavy (non-hydrogen) atoms. The third-order valence-electron chi connectivity index (χ3n) is 3.06. The number of aldehydes is 1. The molecule has 2 rings (SSSR count). The highest BCUT2D eigenvalue weighted by atomic mass is 35.5. The van der Waals surface area contributed by atoms with E-state index in [1.165, 1.54) is 25.7 Å². The first-order valence-corrected chi connectivity index (χ1v) is 5.89. The van der Waals surface area contributed by atoms with Gasteiger partial charge >= 0.3 is 0 Å². The lowest BCUT2D eigenvalue weighted by Crippen LogP contribution is -2.09. The normalized spacial score (nSPS) is 18.7. The van der Waals surface area contributed by atoms with Crippen LogP contribution >= 0.6 is 11.6 Å². The second kappa shape index (κ2) is 4.79. The molecule has 0 aliphatic heterocycles. The van der Waals surface area contributed by atoms with Gasteiger partial charge in [0.2, 0.25) is 0 Å². The Morgan fingerprint density at radius 2 is 2.00 bits per heavy atom. The molecular formula is C11H15ClN2O. The minimum Gasteiger partial charge on any atom is -0.298 e. The Balaban J connectivity index is 2.19. The van der Waals surface area contributed by atoms with Crippen LogP contribution in [0.25, 0.3) is 0 Å². The van der Waals surface area contributed by atoms with E-state index in [2.05, 4.69) is 5.10 Å². The van der Waals surface area contributed by atoms with Crippen LogP contribution in [0.3, 0.4) is 0 Å². The fourth-order valence-corrected chi connectivity index (χ4v) is 2.47. The summed E-state index contributed by atoms with van der Waals surface area (Å²) in [4.78, 5) is 10.7. The van der Waals surface area contributed by atoms with E-state index in [9.17, 15) is 4.79 Å². The van der Waals surface area contributed by atoms with Gasteiger partial charge in [0.15, 0.2) is 6.29 Å². The molecule has 0 saturated heterocycles. The smallest absolute Gasteiger partial charge is 0.154 e. The third kappa shape index (κ3) is 2.23. The Labute approximate surface area is 94.4 Å². The average molecular weight is 227 g/mol. The maximum absolute atomic E-state index is 10.7. The van der Waals surface area contributed by atoms with Crippen molar-refractivity contribution in [1.29, 1.82) is 0 Å². The Hall–Kier alpha value is -0.830. The summed E-state index contributed by atoms with van der Waals surface area (Å²) in [5.74, 6) is 0. The van der Waals surface area contributed by atoms with Crippen molar-refractivity contribution < 1.29 is 4.79 Å². The second-order valence-electron chi connectivity index (χ2n) is 4.10. The van der Waals surface area contributed by atoms with Crippen molar-refractivity contribution in [3.05, 3.63) is 16.9 Å². The van der Waals surface area contributed by atoms with E-state index < -0.39 is 0 Å². The first-order valence-electron chi connectivity index (χ1n) is 5.51. The Morgan fingerprint density at radius 1 is 1.33 bits per heavy atom. The zero-order chi connectivity index (χ0) is 10.7. The van der Waals surface area contributed by atoms with Crippen molar-refractivity contribution in [2.24, 2.45) is 0 Å². The molecule has 4 heteroatoms. The van der Waals surface area contributed by atoms with Crippen molar-refractivity contribution >= 4 is 17.9 Å². The van der Waals surface area contributed by atoms with Gasteiger partial charge in [-0.3, -0.25) is 9.48 Å². The van der Waals surface area contributed by atoms with Gasteiger partial charge in [0, 0.05) is 0 Å². The quantitative estimate of drug-likeness (QED) is 0.573. The molecule has 1 fully saturated rings. The van der Waals surface area contributed by atoms with Crippen molar-refractivity contribution in [1.82, 2.24) is 9.78 Å². The van der Waals surface area contributed by atoms with Gasteiger partial charge in [0.1, 0.15) is 5.15 Å². The monoisotopic (exact) mass is 226 g/mol. The maximum Gasteiger partial charge on any atom is 0.154 e. The summed E-state index contributed by atoms with van der Waals surface area (Å²) in [6, 6.07) is 0.383. The molecule has 1 aromatic rings. The van der Waals surface area contributed by atoms with Gasteiger partial charge in [0.05, 0.1) is 17.8 Å². The molecule has 82 valence electrons. The molecule has 0 aromatic carbocycles. The van der Waals surface area contributed by atoms with Crippen LogP contribution in [0.1, 0.15) is 54.9 Å². The minimum absolute atomic E-state index is 0.383. The van der Waals surface area contributed by atoms with Gasteiger partial charge in [0.25, 0.3) is 0 Å². The van der Waals surface area contributed by atoms with Crippen LogP contribution in [-0.4, -0.2) is 16.1 Å². The van der Waals surface area contributed by atoms with Crippen LogP contribution in [0.2, 0.25) is 5.15 Å². The van der Waals surface area contributed by atoms with Crippen LogP contribution in [0, 0.1) is 0 Å². The number of hydrogen-bond acceptors (Lipinski definition) is 2. The molecule has 0 amide bonds. The van der Waals surface area contributed by atoms with Crippen molar-refractivity contribution in [2.75, 3.05) is 0 Å². The zero-order valence-electron chi connectivity index (χ0n) is 8.66. The first kappa shape index (κ1) is 10.7. The molecule has 0 radical (unpaired) electrons. The Morgan fingerprint density at radius 3 is 2.53 bits per heavy atom. The summed E-state index contributed by atoms with van der Waals surface area (Å²) in [7, 11) is 0. The molecule has 1 aliphatic rings. The molecule has 1 heterocycles. The molecule has 3 nitrogen and oxygen atoms in total. The highest BCUT2D eigenvalue weighted by Crippen LogP contribution is 2.29. The average Bonchev–Trinajstić information content (AvgIpc) is 2.49. The number of carbonyl (C=O) groups excluding carboxylic acids is 1. The lowest BCUT2D eigenvalue weighted by atomic mass is 10.1. The van der Waals surface area contributed by atoms with E-state index in [1.807, 2.05) is 4.68 Å². The van der Waals surface area contributed by atoms with Gasteiger partial charge in [-0.25, -0.2) is 0 Å². The van der Waals surface area contributed by atoms with Crippen LogP contribution in [-0.2, 0) is 0 Å². The third-order valence-corrected chi connectivity index (χ3v) is 3.45. The number of aromatic nitrogens is 2. The zero-order valence-corrected chi connectivity index (χ0v) is 9.41. The molecule has 0 atom stereocenters. The summed E-state index contributed by atoms with van der Waals surface area (Å²) in [6.45, 7) is 0. The minimum atomic E-state index is 0.383. The van der Waals surface area contributed by atoms with E-state index in [0.29, 0.717) is 16.8 Å². The van der Waals surface area contributed by atoms with Gasteiger partial charge in [-0.1, -0.05) is 37.3 Å². The standard InChI is InChI=1S/C11H15ClN2O/c12-11-9(8-15)7-13-14(11)10-5-3-1-2-4-6-10/h7-8,10H,1-6H2. The Bertz CT molecular complexity index is 340. The second-order valence-corrected chi connectivity index (χ2v) is 4.46. The maximum atomic E-state index is 10.7. The number of nitrogens with zero attached hydrogens (tertiary/aromatic N) is 2. The molecule has 1 aliphatic carbocycles. The van der Waals surface area contributed by atoms with E-state index >= 15 is 0 Å². The van der Waals surface area contributed by atoms with Crippen LogP contribution in [0.5, 0.6) is 0 Å². The van der Waals surface area contributed by atoms with Crippen molar-refractivity contribution in [3.63, 3.8) is 0 Å². The molecule has 0 N–H and O–H groups in total. The lowest BCUT2D eigenvalue weighted by molar-refractivity contribution is 0.112. The number of rotatable bonds is 2. The summed E-state index contributed by atoms with van der Waals surface area (Å²) < 4.78 is 1.82. The summed E-state index contributed by atoms with van der Waals surface area (Å²) in [6.07, 6.45) is 9.64. The van der Waals surface area contributed by atoms with E-state index in [-0.39, 0.29) is 0 Å². The predicted octanol–water partition coefficient (Wildman–Crippen LogP) is 3.24. The van der Waals surface area contributed by atoms with Gasteiger partial charge in [-0.05, 0) is 12.8 Å². The topological polar surface area (TPSA) is 34.9 Å². The van der Waals surface area contributed by atoms with E-state index in [1.54, 1.807) is 6.20 Å². The largest absolute Gasteiger partial charge is 0.298 e. The van der Waals surface area contributed by atoms with Crippen LogP contribution in [0.4, 0.5) is 0 Å². The molecule has 0 unspecified atom stereocenters. The Kier molecular flexibility index (Phi) is 3.41. The van der Waals surface area contributed by atoms with Crippen molar-refractivity contribution in [3.8, 4) is 0 Å². The van der Waals surface area contributed by atoms with Crippen LogP contribution in [0.15, 0.2) is 6.20 Å². The fraction of sp³-hybridized carbons (Fsp3) is 0.636. The highest BCUT2D eigenvalue weighted by Gasteiger charge is 2.18. The SMILES string of the molecule is O=Cc1cnn(C2CCCCCC2)c1Cl. The fourth-order valence-electron chi connectivity index (χ4n) is 2.20. The summed E-state index contributed by atoms with van der Waals surface area (Å²) in [5.41, 5.74) is 0.501. The van der Waals surface area contributed by atoms with E-state index in [4.69, 9.17) is 11.6 Å². The lowest BCUT2D eigenvalue weighted by Gasteiger charge is -2.15. The summed E-state index contributed by atoms with van der Waals surface area (Å²) >= 11 is 6.08. The van der Waals surface area contributed by atoms with Crippen LogP contribution < -0.4 is 0 Å². The molecular weight excluding hydrogens is 212 g/mol. The van der Waals surface area contributed by atoms with Gasteiger partial charge < -0.3 is 0 Å². The molecule has 1 aromatic heterocycles. The highest BCUT2D eigenvalue weighted by molar-refractivity contribution is 6.31.